The molecule has 0 aliphatic heterocycles. The van der Waals surface area contributed by atoms with Crippen LogP contribution in [0.1, 0.15) is 52.4 Å². The van der Waals surface area contributed by atoms with Crippen LogP contribution in [0.25, 0.3) is 0 Å². The molecule has 0 saturated heterocycles. The first kappa shape index (κ1) is 18.3. The summed E-state index contributed by atoms with van der Waals surface area (Å²) in [7, 11) is 1.79. The predicted octanol–water partition coefficient (Wildman–Crippen LogP) is 3.25. The smallest absolute Gasteiger partial charge is 0.274 e. The molecular formula is C21H25N5O2. The molecule has 2 aromatic heterocycles. The number of amides is 1. The number of rotatable bonds is 6. The Kier molecular flexibility index (Phi) is 5.41. The van der Waals surface area contributed by atoms with Crippen molar-refractivity contribution in [3.05, 3.63) is 64.7 Å². The summed E-state index contributed by atoms with van der Waals surface area (Å²) in [4.78, 5) is 14.4. The standard InChI is InChI=1S/C21H25N5O2/c1-26(13-20-17-10-6-3-7-11-18(17)23-25-20)21(27)19-12-15(22-24-19)14-28-16-8-4-2-5-9-16/h2,4-5,8-9,12H,3,6-7,10-11,13-14H2,1H3,(H,22,24)(H,23,25). The van der Waals surface area contributed by atoms with E-state index < -0.39 is 0 Å². The number of aromatic nitrogens is 4. The summed E-state index contributed by atoms with van der Waals surface area (Å²) in [5.41, 5.74) is 4.63. The van der Waals surface area contributed by atoms with Gasteiger partial charge in [0, 0.05) is 12.7 Å². The molecule has 146 valence electrons. The maximum absolute atomic E-state index is 12.8. The number of aryl methyl sites for hydroxylation is 1. The molecule has 28 heavy (non-hydrogen) atoms. The van der Waals surface area contributed by atoms with Crippen LogP contribution in [-0.2, 0) is 26.0 Å². The fourth-order valence-electron chi connectivity index (χ4n) is 3.57. The van der Waals surface area contributed by atoms with Gasteiger partial charge in [-0.05, 0) is 49.4 Å². The number of carbonyl (C=O) groups is 1. The van der Waals surface area contributed by atoms with Crippen LogP contribution in [0.2, 0.25) is 0 Å². The van der Waals surface area contributed by atoms with Crippen molar-refractivity contribution in [3.8, 4) is 5.75 Å². The first-order valence-electron chi connectivity index (χ1n) is 9.73. The number of para-hydroxylation sites is 1. The van der Waals surface area contributed by atoms with Crippen molar-refractivity contribution in [1.82, 2.24) is 25.3 Å². The normalized spacial score (nSPS) is 13.6. The molecule has 1 aliphatic rings. The number of H-pyrrole nitrogens is 2. The Morgan fingerprint density at radius 1 is 1.11 bits per heavy atom. The molecule has 1 aliphatic carbocycles. The minimum absolute atomic E-state index is 0.132. The molecule has 4 rings (SSSR count). The molecule has 1 aromatic carbocycles. The van der Waals surface area contributed by atoms with Crippen molar-refractivity contribution in [2.24, 2.45) is 0 Å². The summed E-state index contributed by atoms with van der Waals surface area (Å²) >= 11 is 0. The van der Waals surface area contributed by atoms with Gasteiger partial charge in [0.15, 0.2) is 5.69 Å². The molecule has 2 N–H and O–H groups in total. The topological polar surface area (TPSA) is 86.9 Å². The van der Waals surface area contributed by atoms with Crippen LogP contribution in [0.3, 0.4) is 0 Å². The van der Waals surface area contributed by atoms with Crippen molar-refractivity contribution in [2.75, 3.05) is 7.05 Å². The molecule has 0 atom stereocenters. The van der Waals surface area contributed by atoms with Gasteiger partial charge in [0.1, 0.15) is 12.4 Å². The Labute approximate surface area is 164 Å². The van der Waals surface area contributed by atoms with Crippen LogP contribution < -0.4 is 4.74 Å². The predicted molar refractivity (Wildman–Crippen MR) is 105 cm³/mol. The number of benzene rings is 1. The molecule has 7 heteroatoms. The lowest BCUT2D eigenvalue weighted by molar-refractivity contribution is 0.0777. The highest BCUT2D eigenvalue weighted by molar-refractivity contribution is 5.92. The van der Waals surface area contributed by atoms with E-state index in [9.17, 15) is 4.79 Å². The van der Waals surface area contributed by atoms with E-state index >= 15 is 0 Å². The van der Waals surface area contributed by atoms with E-state index in [2.05, 4.69) is 20.4 Å². The minimum Gasteiger partial charge on any atom is -0.487 e. The average Bonchev–Trinajstić information content (AvgIpc) is 3.27. The van der Waals surface area contributed by atoms with E-state index in [-0.39, 0.29) is 5.91 Å². The van der Waals surface area contributed by atoms with E-state index in [0.29, 0.717) is 18.8 Å². The van der Waals surface area contributed by atoms with Crippen molar-refractivity contribution < 1.29 is 9.53 Å². The van der Waals surface area contributed by atoms with Crippen LogP contribution in [0.5, 0.6) is 5.75 Å². The lowest BCUT2D eigenvalue weighted by atomic mass is 10.1. The molecule has 0 unspecified atom stereocenters. The van der Waals surface area contributed by atoms with Crippen LogP contribution in [0.15, 0.2) is 36.4 Å². The lowest BCUT2D eigenvalue weighted by Gasteiger charge is -2.15. The largest absolute Gasteiger partial charge is 0.487 e. The Bertz CT molecular complexity index is 931. The highest BCUT2D eigenvalue weighted by Gasteiger charge is 2.21. The number of nitrogens with zero attached hydrogens (tertiary/aromatic N) is 3. The summed E-state index contributed by atoms with van der Waals surface area (Å²) < 4.78 is 5.69. The van der Waals surface area contributed by atoms with E-state index in [1.54, 1.807) is 18.0 Å². The zero-order valence-corrected chi connectivity index (χ0v) is 16.1. The van der Waals surface area contributed by atoms with E-state index in [1.165, 1.54) is 30.5 Å². The van der Waals surface area contributed by atoms with Gasteiger partial charge in [0.25, 0.3) is 5.91 Å². The first-order chi connectivity index (χ1) is 13.7. The lowest BCUT2D eigenvalue weighted by Crippen LogP contribution is -2.27. The fraction of sp³-hybridized carbons (Fsp3) is 0.381. The summed E-state index contributed by atoms with van der Waals surface area (Å²) in [6.07, 6.45) is 5.71. The zero-order chi connectivity index (χ0) is 19.3. The second-order valence-electron chi connectivity index (χ2n) is 7.23. The minimum atomic E-state index is -0.132. The highest BCUT2D eigenvalue weighted by atomic mass is 16.5. The third-order valence-corrected chi connectivity index (χ3v) is 5.11. The van der Waals surface area contributed by atoms with E-state index in [0.717, 1.165) is 30.0 Å². The fourth-order valence-corrected chi connectivity index (χ4v) is 3.57. The monoisotopic (exact) mass is 379 g/mol. The number of hydrogen-bond donors (Lipinski definition) is 2. The van der Waals surface area contributed by atoms with Gasteiger partial charge >= 0.3 is 0 Å². The van der Waals surface area contributed by atoms with E-state index in [4.69, 9.17) is 4.74 Å². The number of ether oxygens (including phenoxy) is 1. The number of fused-ring (bicyclic) bond motifs is 1. The van der Waals surface area contributed by atoms with Gasteiger partial charge in [-0.3, -0.25) is 15.0 Å². The van der Waals surface area contributed by atoms with Crippen LogP contribution in [0.4, 0.5) is 0 Å². The molecular weight excluding hydrogens is 354 g/mol. The number of carbonyl (C=O) groups excluding carboxylic acids is 1. The molecule has 0 fully saturated rings. The highest BCUT2D eigenvalue weighted by Crippen LogP contribution is 2.22. The van der Waals surface area contributed by atoms with Gasteiger partial charge in [-0.1, -0.05) is 24.6 Å². The quantitative estimate of drug-likeness (QED) is 0.644. The summed E-state index contributed by atoms with van der Waals surface area (Å²) in [5.74, 6) is 0.647. The Balaban J connectivity index is 1.38. The maximum Gasteiger partial charge on any atom is 0.274 e. The molecule has 0 saturated carbocycles. The van der Waals surface area contributed by atoms with Crippen molar-refractivity contribution in [3.63, 3.8) is 0 Å². The third-order valence-electron chi connectivity index (χ3n) is 5.11. The van der Waals surface area contributed by atoms with Gasteiger partial charge in [-0.15, -0.1) is 0 Å². The molecule has 2 heterocycles. The molecule has 0 spiro atoms. The van der Waals surface area contributed by atoms with Crippen LogP contribution >= 0.6 is 0 Å². The number of aromatic amines is 2. The molecule has 7 nitrogen and oxygen atoms in total. The second-order valence-corrected chi connectivity index (χ2v) is 7.23. The molecule has 3 aromatic rings. The van der Waals surface area contributed by atoms with E-state index in [1.807, 2.05) is 30.3 Å². The molecule has 1 amide bonds. The summed E-state index contributed by atoms with van der Waals surface area (Å²) in [6.45, 7) is 0.814. The maximum atomic E-state index is 12.8. The first-order valence-corrected chi connectivity index (χ1v) is 9.73. The van der Waals surface area contributed by atoms with Gasteiger partial charge < -0.3 is 9.64 Å². The molecule has 0 bridgehead atoms. The van der Waals surface area contributed by atoms with Crippen LogP contribution in [0, 0.1) is 0 Å². The summed E-state index contributed by atoms with van der Waals surface area (Å²) in [5, 5.41) is 14.7. The number of nitrogens with one attached hydrogen (secondary N) is 2. The Morgan fingerprint density at radius 2 is 1.93 bits per heavy atom. The zero-order valence-electron chi connectivity index (χ0n) is 16.1. The van der Waals surface area contributed by atoms with Crippen molar-refractivity contribution in [2.45, 2.75) is 45.3 Å². The third kappa shape index (κ3) is 4.08. The van der Waals surface area contributed by atoms with Gasteiger partial charge in [0.05, 0.1) is 17.9 Å². The van der Waals surface area contributed by atoms with Gasteiger partial charge in [-0.25, -0.2) is 0 Å². The Hall–Kier alpha value is -3.09. The van der Waals surface area contributed by atoms with Crippen LogP contribution in [-0.4, -0.2) is 38.2 Å². The average molecular weight is 379 g/mol. The Morgan fingerprint density at radius 3 is 2.79 bits per heavy atom. The molecule has 0 radical (unpaired) electrons. The summed E-state index contributed by atoms with van der Waals surface area (Å²) in [6, 6.07) is 11.3. The van der Waals surface area contributed by atoms with Crippen molar-refractivity contribution >= 4 is 5.91 Å². The van der Waals surface area contributed by atoms with Gasteiger partial charge in [-0.2, -0.15) is 10.2 Å². The second kappa shape index (κ2) is 8.29. The van der Waals surface area contributed by atoms with Gasteiger partial charge in [0.2, 0.25) is 0 Å². The number of hydrogen-bond acceptors (Lipinski definition) is 4. The SMILES string of the molecule is CN(Cc1n[nH]c2c1CCCCC2)C(=O)c1cc(COc2ccccc2)[nH]n1. The van der Waals surface area contributed by atoms with Crippen molar-refractivity contribution in [1.29, 1.82) is 0 Å².